The van der Waals surface area contributed by atoms with Crippen LogP contribution in [0.15, 0.2) is 48.5 Å². The number of anilines is 3. The Morgan fingerprint density at radius 2 is 1.62 bits per heavy atom. The van der Waals surface area contributed by atoms with Crippen LogP contribution in [0.1, 0.15) is 24.8 Å². The zero-order chi connectivity index (χ0) is 17.1. The van der Waals surface area contributed by atoms with Gasteiger partial charge < -0.3 is 16.0 Å². The second-order valence-corrected chi connectivity index (χ2v) is 5.64. The molecule has 0 spiro atoms. The Kier molecular flexibility index (Phi) is 4.29. The van der Waals surface area contributed by atoms with Crippen molar-refractivity contribution in [2.24, 2.45) is 0 Å². The molecular weight excluding hydrogens is 306 g/mol. The lowest BCUT2D eigenvalue weighted by molar-refractivity contribution is -0.122. The lowest BCUT2D eigenvalue weighted by Gasteiger charge is -2.10. The number of para-hydroxylation sites is 1. The van der Waals surface area contributed by atoms with Gasteiger partial charge in [-0.25, -0.2) is 0 Å². The zero-order valence-corrected chi connectivity index (χ0v) is 13.1. The van der Waals surface area contributed by atoms with E-state index < -0.39 is 5.92 Å². The van der Waals surface area contributed by atoms with E-state index in [0.29, 0.717) is 11.4 Å². The van der Waals surface area contributed by atoms with Gasteiger partial charge in [0.1, 0.15) is 0 Å². The molecule has 2 aromatic carbocycles. The second kappa shape index (κ2) is 6.54. The number of nitrogens with one attached hydrogen (secondary N) is 3. The summed E-state index contributed by atoms with van der Waals surface area (Å²) in [6, 6.07) is 14.2. The van der Waals surface area contributed by atoms with Crippen LogP contribution in [0.5, 0.6) is 0 Å². The number of rotatable bonds is 4. The van der Waals surface area contributed by atoms with Gasteiger partial charge in [-0.2, -0.15) is 0 Å². The van der Waals surface area contributed by atoms with E-state index in [-0.39, 0.29) is 24.1 Å². The van der Waals surface area contributed by atoms with Crippen LogP contribution in [0.25, 0.3) is 0 Å². The predicted molar refractivity (Wildman–Crippen MR) is 91.8 cm³/mol. The first-order valence-electron chi connectivity index (χ1n) is 7.60. The van der Waals surface area contributed by atoms with E-state index in [0.717, 1.165) is 11.3 Å². The second-order valence-electron chi connectivity index (χ2n) is 5.64. The van der Waals surface area contributed by atoms with Crippen molar-refractivity contribution in [1.82, 2.24) is 0 Å². The summed E-state index contributed by atoms with van der Waals surface area (Å²) < 4.78 is 0. The van der Waals surface area contributed by atoms with Gasteiger partial charge in [0.25, 0.3) is 0 Å². The predicted octanol–water partition coefficient (Wildman–Crippen LogP) is 2.71. The third-order valence-electron chi connectivity index (χ3n) is 3.79. The molecule has 2 aromatic rings. The van der Waals surface area contributed by atoms with Gasteiger partial charge in [0, 0.05) is 30.4 Å². The fourth-order valence-electron chi connectivity index (χ4n) is 2.72. The fourth-order valence-corrected chi connectivity index (χ4v) is 2.72. The maximum absolute atomic E-state index is 12.2. The normalized spacial score (nSPS) is 15.4. The Morgan fingerprint density at radius 1 is 1.00 bits per heavy atom. The molecule has 0 bridgehead atoms. The number of hydrogen-bond donors (Lipinski definition) is 3. The summed E-state index contributed by atoms with van der Waals surface area (Å²) >= 11 is 0. The first kappa shape index (κ1) is 15.7. The number of carbonyl (C=O) groups is 3. The van der Waals surface area contributed by atoms with Crippen molar-refractivity contribution >= 4 is 34.8 Å². The van der Waals surface area contributed by atoms with Crippen LogP contribution in [-0.2, 0) is 14.4 Å². The molecule has 3 amide bonds. The average molecular weight is 323 g/mol. The van der Waals surface area contributed by atoms with Crippen LogP contribution in [0.2, 0.25) is 0 Å². The van der Waals surface area contributed by atoms with Crippen molar-refractivity contribution in [2.45, 2.75) is 19.3 Å². The van der Waals surface area contributed by atoms with Crippen LogP contribution in [-0.4, -0.2) is 17.7 Å². The highest BCUT2D eigenvalue weighted by Crippen LogP contribution is 2.34. The molecule has 3 rings (SSSR count). The Morgan fingerprint density at radius 3 is 2.29 bits per heavy atom. The molecule has 0 aromatic heterocycles. The molecule has 3 N–H and O–H groups in total. The molecule has 6 nitrogen and oxygen atoms in total. The van der Waals surface area contributed by atoms with Crippen molar-refractivity contribution in [1.29, 1.82) is 0 Å². The highest BCUT2D eigenvalue weighted by atomic mass is 16.2. The minimum atomic E-state index is -0.472. The average Bonchev–Trinajstić information content (AvgIpc) is 2.85. The van der Waals surface area contributed by atoms with Crippen LogP contribution in [0, 0.1) is 0 Å². The molecule has 0 saturated heterocycles. The summed E-state index contributed by atoms with van der Waals surface area (Å²) in [5.74, 6) is -1.02. The van der Waals surface area contributed by atoms with Gasteiger partial charge >= 0.3 is 0 Å². The van der Waals surface area contributed by atoms with Crippen molar-refractivity contribution < 1.29 is 14.4 Å². The molecule has 0 radical (unpaired) electrons. The number of carbonyl (C=O) groups excluding carboxylic acids is 3. The van der Waals surface area contributed by atoms with E-state index >= 15 is 0 Å². The monoisotopic (exact) mass is 323 g/mol. The van der Waals surface area contributed by atoms with Gasteiger partial charge in [0.2, 0.25) is 17.7 Å². The van der Waals surface area contributed by atoms with Crippen LogP contribution < -0.4 is 16.0 Å². The maximum atomic E-state index is 12.2. The first-order valence-corrected chi connectivity index (χ1v) is 7.60. The van der Waals surface area contributed by atoms with Gasteiger partial charge in [-0.05, 0) is 35.9 Å². The third kappa shape index (κ3) is 3.43. The largest absolute Gasteiger partial charge is 0.326 e. The molecule has 1 atom stereocenters. The van der Waals surface area contributed by atoms with Gasteiger partial charge in [0.15, 0.2) is 0 Å². The molecule has 1 unspecified atom stereocenters. The Balaban J connectivity index is 1.64. The third-order valence-corrected chi connectivity index (χ3v) is 3.79. The van der Waals surface area contributed by atoms with E-state index in [2.05, 4.69) is 16.0 Å². The summed E-state index contributed by atoms with van der Waals surface area (Å²) in [4.78, 5) is 35.2. The minimum Gasteiger partial charge on any atom is -0.326 e. The number of fused-ring (bicyclic) bond motifs is 1. The lowest BCUT2D eigenvalue weighted by Crippen LogP contribution is -2.20. The molecular formula is C18H17N3O3. The highest BCUT2D eigenvalue weighted by molar-refractivity contribution is 6.06. The summed E-state index contributed by atoms with van der Waals surface area (Å²) in [5.41, 5.74) is 2.88. The molecule has 1 aliphatic rings. The molecule has 24 heavy (non-hydrogen) atoms. The van der Waals surface area contributed by atoms with Gasteiger partial charge in [-0.15, -0.1) is 0 Å². The standard InChI is InChI=1S/C18H17N3O3/c1-11(22)19-12-6-8-13(9-7-12)20-17(23)10-15-14-4-2-3-5-16(14)21-18(15)24/h2-9,15H,10H2,1H3,(H,19,22)(H,20,23)(H,21,24). The molecule has 122 valence electrons. The topological polar surface area (TPSA) is 87.3 Å². The van der Waals surface area contributed by atoms with Crippen molar-refractivity contribution in [3.05, 3.63) is 54.1 Å². The van der Waals surface area contributed by atoms with E-state index in [1.165, 1.54) is 6.92 Å². The highest BCUT2D eigenvalue weighted by Gasteiger charge is 2.31. The van der Waals surface area contributed by atoms with Crippen molar-refractivity contribution in [3.63, 3.8) is 0 Å². The lowest BCUT2D eigenvalue weighted by atomic mass is 9.97. The van der Waals surface area contributed by atoms with Gasteiger partial charge in [0.05, 0.1) is 5.92 Å². The molecule has 0 saturated carbocycles. The zero-order valence-electron chi connectivity index (χ0n) is 13.1. The molecule has 1 aliphatic heterocycles. The smallest absolute Gasteiger partial charge is 0.232 e. The summed E-state index contributed by atoms with van der Waals surface area (Å²) in [7, 11) is 0. The SMILES string of the molecule is CC(=O)Nc1ccc(NC(=O)CC2C(=O)Nc3ccccc32)cc1. The molecule has 6 heteroatoms. The van der Waals surface area contributed by atoms with E-state index in [4.69, 9.17) is 0 Å². The fraction of sp³-hybridized carbons (Fsp3) is 0.167. The Labute approximate surface area is 139 Å². The van der Waals surface area contributed by atoms with E-state index in [1.54, 1.807) is 24.3 Å². The molecule has 0 aliphatic carbocycles. The van der Waals surface area contributed by atoms with E-state index in [9.17, 15) is 14.4 Å². The minimum absolute atomic E-state index is 0.0797. The Hall–Kier alpha value is -3.15. The van der Waals surface area contributed by atoms with Crippen molar-refractivity contribution in [2.75, 3.05) is 16.0 Å². The Bertz CT molecular complexity index is 799. The number of benzene rings is 2. The molecule has 1 heterocycles. The summed E-state index contributed by atoms with van der Waals surface area (Å²) in [6.45, 7) is 1.43. The van der Waals surface area contributed by atoms with Crippen LogP contribution >= 0.6 is 0 Å². The number of amides is 3. The van der Waals surface area contributed by atoms with Gasteiger partial charge in [-0.3, -0.25) is 14.4 Å². The van der Waals surface area contributed by atoms with E-state index in [1.807, 2.05) is 24.3 Å². The van der Waals surface area contributed by atoms with Crippen LogP contribution in [0.3, 0.4) is 0 Å². The summed E-state index contributed by atoms with van der Waals surface area (Å²) in [6.07, 6.45) is 0.0797. The quantitative estimate of drug-likeness (QED) is 0.808. The summed E-state index contributed by atoms with van der Waals surface area (Å²) in [5, 5.41) is 8.21. The van der Waals surface area contributed by atoms with Crippen LogP contribution in [0.4, 0.5) is 17.1 Å². The van der Waals surface area contributed by atoms with Crippen molar-refractivity contribution in [3.8, 4) is 0 Å². The number of hydrogen-bond acceptors (Lipinski definition) is 3. The molecule has 0 fully saturated rings. The maximum Gasteiger partial charge on any atom is 0.232 e. The first-order chi connectivity index (χ1) is 11.5. The van der Waals surface area contributed by atoms with Gasteiger partial charge in [-0.1, -0.05) is 18.2 Å².